The van der Waals surface area contributed by atoms with Gasteiger partial charge in [-0.1, -0.05) is 24.7 Å². The average Bonchev–Trinajstić information content (AvgIpc) is 3.04. The minimum Gasteiger partial charge on any atom is -0.330 e. The molecule has 6 heteroatoms. The lowest BCUT2D eigenvalue weighted by Gasteiger charge is -2.31. The summed E-state index contributed by atoms with van der Waals surface area (Å²) in [5.41, 5.74) is 5.84. The van der Waals surface area contributed by atoms with E-state index in [9.17, 15) is 10.1 Å². The first-order chi connectivity index (χ1) is 9.15. The van der Waals surface area contributed by atoms with Gasteiger partial charge in [-0.25, -0.2) is 0 Å². The zero-order valence-corrected chi connectivity index (χ0v) is 12.1. The standard InChI is InChI=1S/C13H21N3O2S/c1-2-15(12-5-3-4-10(12)8-14)9-11-6-7-13(19-11)16(17)18/h6-7,10,12H,2-5,8-9,14H2,1H3. The van der Waals surface area contributed by atoms with Gasteiger partial charge in [0.25, 0.3) is 0 Å². The molecule has 1 fully saturated rings. The summed E-state index contributed by atoms with van der Waals surface area (Å²) in [5.74, 6) is 0.579. The minimum atomic E-state index is -0.317. The number of hydrogen-bond donors (Lipinski definition) is 1. The summed E-state index contributed by atoms with van der Waals surface area (Å²) in [6.07, 6.45) is 3.65. The van der Waals surface area contributed by atoms with E-state index in [1.165, 1.54) is 30.6 Å². The van der Waals surface area contributed by atoms with E-state index in [4.69, 9.17) is 5.73 Å². The number of thiophene rings is 1. The van der Waals surface area contributed by atoms with Gasteiger partial charge < -0.3 is 5.73 Å². The van der Waals surface area contributed by atoms with Gasteiger partial charge in [0.1, 0.15) is 0 Å². The maximum atomic E-state index is 10.7. The van der Waals surface area contributed by atoms with Crippen LogP contribution in [0.15, 0.2) is 12.1 Å². The second-order valence-electron chi connectivity index (χ2n) is 5.05. The summed E-state index contributed by atoms with van der Waals surface area (Å²) in [5, 5.41) is 10.9. The Morgan fingerprint density at radius 1 is 1.53 bits per heavy atom. The Bertz CT molecular complexity index is 435. The Morgan fingerprint density at radius 2 is 2.32 bits per heavy atom. The van der Waals surface area contributed by atoms with Gasteiger partial charge in [-0.15, -0.1) is 0 Å². The normalized spacial score (nSPS) is 23.1. The van der Waals surface area contributed by atoms with Crippen molar-refractivity contribution in [3.63, 3.8) is 0 Å². The van der Waals surface area contributed by atoms with Crippen molar-refractivity contribution in [1.29, 1.82) is 0 Å². The second kappa shape index (κ2) is 6.45. The molecule has 2 rings (SSSR count). The fourth-order valence-electron chi connectivity index (χ4n) is 2.99. The molecule has 5 nitrogen and oxygen atoms in total. The summed E-state index contributed by atoms with van der Waals surface area (Å²) in [6.45, 7) is 4.66. The molecule has 0 aromatic carbocycles. The highest BCUT2D eigenvalue weighted by atomic mass is 32.1. The summed E-state index contributed by atoms with van der Waals surface area (Å²) in [6, 6.07) is 4.01. The molecule has 1 aromatic heterocycles. The van der Waals surface area contributed by atoms with Crippen molar-refractivity contribution in [2.45, 2.75) is 38.8 Å². The highest BCUT2D eigenvalue weighted by Gasteiger charge is 2.30. The van der Waals surface area contributed by atoms with Crippen molar-refractivity contribution in [3.8, 4) is 0 Å². The molecule has 0 spiro atoms. The van der Waals surface area contributed by atoms with Gasteiger partial charge in [0.15, 0.2) is 0 Å². The monoisotopic (exact) mass is 283 g/mol. The molecular formula is C13H21N3O2S. The van der Waals surface area contributed by atoms with E-state index in [2.05, 4.69) is 11.8 Å². The number of hydrogen-bond acceptors (Lipinski definition) is 5. The fraction of sp³-hybridized carbons (Fsp3) is 0.692. The van der Waals surface area contributed by atoms with Crippen LogP contribution in [0, 0.1) is 16.0 Å². The molecule has 1 heterocycles. The molecule has 106 valence electrons. The van der Waals surface area contributed by atoms with Gasteiger partial charge in [0, 0.05) is 23.5 Å². The molecule has 19 heavy (non-hydrogen) atoms. The Labute approximate surface area is 117 Å². The van der Waals surface area contributed by atoms with Gasteiger partial charge in [-0.3, -0.25) is 15.0 Å². The van der Waals surface area contributed by atoms with E-state index in [-0.39, 0.29) is 9.92 Å². The lowest BCUT2D eigenvalue weighted by atomic mass is 10.0. The third-order valence-corrected chi connectivity index (χ3v) is 5.00. The highest BCUT2D eigenvalue weighted by molar-refractivity contribution is 7.15. The highest BCUT2D eigenvalue weighted by Crippen LogP contribution is 2.32. The molecule has 2 N–H and O–H groups in total. The van der Waals surface area contributed by atoms with Crippen LogP contribution in [0.3, 0.4) is 0 Å². The lowest BCUT2D eigenvalue weighted by molar-refractivity contribution is -0.380. The smallest absolute Gasteiger partial charge is 0.324 e. The van der Waals surface area contributed by atoms with Crippen molar-refractivity contribution < 1.29 is 4.92 Å². The molecule has 0 bridgehead atoms. The van der Waals surface area contributed by atoms with Crippen molar-refractivity contribution in [1.82, 2.24) is 4.90 Å². The maximum Gasteiger partial charge on any atom is 0.324 e. The van der Waals surface area contributed by atoms with Crippen molar-refractivity contribution in [3.05, 3.63) is 27.1 Å². The zero-order chi connectivity index (χ0) is 13.8. The van der Waals surface area contributed by atoms with Crippen molar-refractivity contribution in [2.75, 3.05) is 13.1 Å². The van der Waals surface area contributed by atoms with E-state index < -0.39 is 0 Å². The van der Waals surface area contributed by atoms with Gasteiger partial charge in [-0.2, -0.15) is 0 Å². The zero-order valence-electron chi connectivity index (χ0n) is 11.2. The summed E-state index contributed by atoms with van der Waals surface area (Å²) in [4.78, 5) is 13.9. The van der Waals surface area contributed by atoms with Crippen molar-refractivity contribution in [2.24, 2.45) is 11.7 Å². The van der Waals surface area contributed by atoms with Crippen LogP contribution in [-0.2, 0) is 6.54 Å². The number of rotatable bonds is 6. The van der Waals surface area contributed by atoms with E-state index >= 15 is 0 Å². The number of nitrogens with zero attached hydrogens (tertiary/aromatic N) is 2. The Morgan fingerprint density at radius 3 is 2.89 bits per heavy atom. The van der Waals surface area contributed by atoms with Crippen LogP contribution in [0.1, 0.15) is 31.1 Å². The minimum absolute atomic E-state index is 0.229. The molecule has 2 atom stereocenters. The summed E-state index contributed by atoms with van der Waals surface area (Å²) in [7, 11) is 0. The quantitative estimate of drug-likeness (QED) is 0.643. The molecule has 1 aliphatic carbocycles. The Hall–Kier alpha value is -0.980. The van der Waals surface area contributed by atoms with Crippen LogP contribution in [0.5, 0.6) is 0 Å². The maximum absolute atomic E-state index is 10.7. The summed E-state index contributed by atoms with van der Waals surface area (Å²) < 4.78 is 0. The van der Waals surface area contributed by atoms with Crippen LogP contribution in [0.4, 0.5) is 5.00 Å². The SMILES string of the molecule is CCN(Cc1ccc([N+](=O)[O-])s1)C1CCCC1CN. The second-order valence-corrected chi connectivity index (χ2v) is 6.20. The molecule has 2 unspecified atom stereocenters. The molecule has 1 aliphatic rings. The fourth-order valence-corrected chi connectivity index (χ4v) is 3.83. The third-order valence-electron chi connectivity index (χ3n) is 3.98. The molecular weight excluding hydrogens is 262 g/mol. The molecule has 1 aromatic rings. The molecule has 0 saturated heterocycles. The van der Waals surface area contributed by atoms with Crippen LogP contribution >= 0.6 is 11.3 Å². The molecule has 0 radical (unpaired) electrons. The number of nitrogens with two attached hydrogens (primary N) is 1. The third kappa shape index (κ3) is 3.32. The van der Waals surface area contributed by atoms with Crippen LogP contribution in [0.2, 0.25) is 0 Å². The van der Waals surface area contributed by atoms with E-state index in [1.54, 1.807) is 6.07 Å². The van der Waals surface area contributed by atoms with Crippen molar-refractivity contribution >= 4 is 16.3 Å². The predicted octanol–water partition coefficient (Wildman–Crippen LogP) is 2.61. The van der Waals surface area contributed by atoms with Gasteiger partial charge >= 0.3 is 5.00 Å². The number of nitro groups is 1. The van der Waals surface area contributed by atoms with Crippen LogP contribution in [0.25, 0.3) is 0 Å². The predicted molar refractivity (Wildman–Crippen MR) is 77.2 cm³/mol. The first-order valence-corrected chi connectivity index (χ1v) is 7.64. The first-order valence-electron chi connectivity index (χ1n) is 6.83. The van der Waals surface area contributed by atoms with Gasteiger partial charge in [-0.05, 0) is 37.9 Å². The largest absolute Gasteiger partial charge is 0.330 e. The van der Waals surface area contributed by atoms with E-state index in [0.717, 1.165) is 24.5 Å². The van der Waals surface area contributed by atoms with Gasteiger partial charge in [0.05, 0.1) is 4.92 Å². The van der Waals surface area contributed by atoms with E-state index in [1.807, 2.05) is 6.07 Å². The Balaban J connectivity index is 2.03. The molecule has 0 amide bonds. The van der Waals surface area contributed by atoms with Gasteiger partial charge in [0.2, 0.25) is 0 Å². The Kier molecular flexibility index (Phi) is 4.90. The van der Waals surface area contributed by atoms with Crippen LogP contribution in [-0.4, -0.2) is 29.0 Å². The topological polar surface area (TPSA) is 72.4 Å². The average molecular weight is 283 g/mol. The van der Waals surface area contributed by atoms with E-state index in [0.29, 0.717) is 12.0 Å². The van der Waals surface area contributed by atoms with Crippen LogP contribution < -0.4 is 5.73 Å². The lowest BCUT2D eigenvalue weighted by Crippen LogP contribution is -2.39. The first kappa shape index (κ1) is 14.4. The molecule has 1 saturated carbocycles. The molecule has 0 aliphatic heterocycles. The summed E-state index contributed by atoms with van der Waals surface area (Å²) >= 11 is 1.28.